The van der Waals surface area contributed by atoms with Gasteiger partial charge in [0.2, 0.25) is 5.91 Å². The van der Waals surface area contributed by atoms with Crippen LogP contribution in [0.15, 0.2) is 36.5 Å². The highest BCUT2D eigenvalue weighted by Crippen LogP contribution is 2.71. The Balaban J connectivity index is 1.26. The van der Waals surface area contributed by atoms with E-state index in [1.165, 1.54) is 41.4 Å². The van der Waals surface area contributed by atoms with Crippen molar-refractivity contribution in [2.45, 2.75) is 43.7 Å². The lowest BCUT2D eigenvalue weighted by Gasteiger charge is -2.28. The van der Waals surface area contributed by atoms with Gasteiger partial charge >= 0.3 is 6.18 Å². The number of anilines is 2. The van der Waals surface area contributed by atoms with Crippen molar-refractivity contribution in [1.29, 1.82) is 0 Å². The monoisotopic (exact) mass is 617 g/mol. The standard InChI is InChI=1S/C26H25ClF5N5O3S/c1-23(26(30,31)32)13-36(17-11-33-19-9-18(27)35-37(19)21(17)23)16-5-3-15(4-6-16)20-24(2,25(20,28)29)22(38)34-10-14-7-8-41(39,40)12-14/h3-6,9,11,14,20H,7-8,10,12-13H2,1-2H3,(H,34,38)/t14?,20-,23-,24+/m1/s1. The van der Waals surface area contributed by atoms with Crippen LogP contribution >= 0.6 is 11.6 Å². The Morgan fingerprint density at radius 1 is 1.20 bits per heavy atom. The third kappa shape index (κ3) is 4.11. The fourth-order valence-electron chi connectivity index (χ4n) is 6.20. The Morgan fingerprint density at radius 2 is 1.88 bits per heavy atom. The Labute approximate surface area is 236 Å². The maximum Gasteiger partial charge on any atom is 0.401 e. The zero-order valence-corrected chi connectivity index (χ0v) is 23.4. The van der Waals surface area contributed by atoms with Gasteiger partial charge in [-0.3, -0.25) is 4.79 Å². The number of halogens is 6. The first-order valence-corrected chi connectivity index (χ1v) is 15.0. The van der Waals surface area contributed by atoms with E-state index in [2.05, 4.69) is 15.4 Å². The van der Waals surface area contributed by atoms with Gasteiger partial charge in [-0.15, -0.1) is 0 Å². The largest absolute Gasteiger partial charge is 0.401 e. The summed E-state index contributed by atoms with van der Waals surface area (Å²) < 4.78 is 97.7. The van der Waals surface area contributed by atoms with Crippen molar-refractivity contribution < 1.29 is 35.2 Å². The van der Waals surface area contributed by atoms with Crippen molar-refractivity contribution in [3.8, 4) is 0 Å². The minimum absolute atomic E-state index is 0.00942. The molecular formula is C26H25ClF5N5O3S. The zero-order chi connectivity index (χ0) is 29.8. The van der Waals surface area contributed by atoms with Crippen LogP contribution in [0, 0.1) is 11.3 Å². The summed E-state index contributed by atoms with van der Waals surface area (Å²) in [5, 5.41) is 6.50. The van der Waals surface area contributed by atoms with Gasteiger partial charge in [0.05, 0.1) is 35.0 Å². The Bertz CT molecular complexity index is 1680. The summed E-state index contributed by atoms with van der Waals surface area (Å²) in [6.45, 7) is 1.71. The number of fused-ring (bicyclic) bond motifs is 3. The summed E-state index contributed by atoms with van der Waals surface area (Å²) >= 11 is 5.95. The molecule has 4 heterocycles. The van der Waals surface area contributed by atoms with Crippen LogP contribution in [0.5, 0.6) is 0 Å². The summed E-state index contributed by atoms with van der Waals surface area (Å²) in [5.74, 6) is -6.09. The lowest BCUT2D eigenvalue weighted by atomic mass is 9.87. The molecule has 8 nitrogen and oxygen atoms in total. The fraction of sp³-hybridized carbons (Fsp3) is 0.500. The predicted molar refractivity (Wildman–Crippen MR) is 140 cm³/mol. The molecule has 1 saturated carbocycles. The third-order valence-electron chi connectivity index (χ3n) is 8.78. The van der Waals surface area contributed by atoms with Crippen molar-refractivity contribution in [1.82, 2.24) is 19.9 Å². The van der Waals surface area contributed by atoms with Gasteiger partial charge in [-0.1, -0.05) is 23.7 Å². The molecule has 2 aromatic heterocycles. The van der Waals surface area contributed by atoms with E-state index in [0.717, 1.165) is 18.4 Å². The molecule has 0 radical (unpaired) electrons. The van der Waals surface area contributed by atoms with Crippen LogP contribution < -0.4 is 10.2 Å². The fourth-order valence-corrected chi connectivity index (χ4v) is 8.23. The molecule has 3 aromatic rings. The molecule has 2 aliphatic heterocycles. The summed E-state index contributed by atoms with van der Waals surface area (Å²) in [5.41, 5.74) is -3.74. The summed E-state index contributed by atoms with van der Waals surface area (Å²) in [6.07, 6.45) is -2.99. The SMILES string of the molecule is C[C@@]1(C(F)(F)F)CN(c2ccc([C@H]3C(F)(F)[C@]3(C)C(=O)NCC3CCS(=O)(=O)C3)cc2)c2cnc3cc(Cl)nn3c21. The maximum atomic E-state index is 15.1. The molecule has 1 saturated heterocycles. The van der Waals surface area contributed by atoms with Crippen molar-refractivity contribution >= 4 is 44.4 Å². The maximum absolute atomic E-state index is 15.1. The first kappa shape index (κ1) is 28.1. The number of hydrogen-bond donors (Lipinski definition) is 1. The highest BCUT2D eigenvalue weighted by molar-refractivity contribution is 7.91. The summed E-state index contributed by atoms with van der Waals surface area (Å²) in [7, 11) is -3.18. The predicted octanol–water partition coefficient (Wildman–Crippen LogP) is 4.64. The van der Waals surface area contributed by atoms with Crippen LogP contribution in [0.2, 0.25) is 5.15 Å². The van der Waals surface area contributed by atoms with Gasteiger partial charge in [-0.05, 0) is 43.9 Å². The molecule has 0 bridgehead atoms. The average molecular weight is 618 g/mol. The van der Waals surface area contributed by atoms with E-state index >= 15 is 8.78 Å². The minimum atomic E-state index is -4.66. The number of sulfone groups is 1. The number of hydrogen-bond acceptors (Lipinski definition) is 6. The van der Waals surface area contributed by atoms with Gasteiger partial charge < -0.3 is 10.2 Å². The van der Waals surface area contributed by atoms with E-state index < -0.39 is 51.1 Å². The zero-order valence-electron chi connectivity index (χ0n) is 21.8. The molecule has 4 atom stereocenters. The molecule has 1 amide bonds. The van der Waals surface area contributed by atoms with E-state index in [9.17, 15) is 26.4 Å². The number of aromatic nitrogens is 3. The number of amides is 1. The van der Waals surface area contributed by atoms with Gasteiger partial charge in [0.15, 0.2) is 20.6 Å². The van der Waals surface area contributed by atoms with E-state index in [1.807, 2.05) is 0 Å². The molecule has 6 rings (SSSR count). The number of rotatable bonds is 5. The van der Waals surface area contributed by atoms with Gasteiger partial charge in [-0.2, -0.15) is 18.3 Å². The minimum Gasteiger partial charge on any atom is -0.355 e. The molecule has 1 aromatic carbocycles. The van der Waals surface area contributed by atoms with Gasteiger partial charge in [-0.25, -0.2) is 26.7 Å². The van der Waals surface area contributed by atoms with Crippen molar-refractivity contribution in [2.75, 3.05) is 29.5 Å². The number of benzene rings is 1. The number of nitrogens with one attached hydrogen (secondary N) is 1. The smallest absolute Gasteiger partial charge is 0.355 e. The molecule has 1 aliphatic carbocycles. The lowest BCUT2D eigenvalue weighted by molar-refractivity contribution is -0.181. The summed E-state index contributed by atoms with van der Waals surface area (Å²) in [6, 6.07) is 7.01. The third-order valence-corrected chi connectivity index (χ3v) is 10.8. The van der Waals surface area contributed by atoms with Crippen LogP contribution in [0.25, 0.3) is 5.65 Å². The Hall–Kier alpha value is -3.00. The van der Waals surface area contributed by atoms with Crippen LogP contribution in [-0.2, 0) is 20.0 Å². The molecule has 15 heteroatoms. The van der Waals surface area contributed by atoms with Gasteiger partial charge in [0, 0.05) is 24.8 Å². The number of carbonyl (C=O) groups excluding carboxylic acids is 1. The van der Waals surface area contributed by atoms with Crippen molar-refractivity contribution in [3.63, 3.8) is 0 Å². The highest BCUT2D eigenvalue weighted by Gasteiger charge is 2.82. The second-order valence-electron chi connectivity index (χ2n) is 11.5. The van der Waals surface area contributed by atoms with Crippen LogP contribution in [0.4, 0.5) is 33.3 Å². The second-order valence-corrected chi connectivity index (χ2v) is 14.1. The first-order valence-electron chi connectivity index (χ1n) is 12.9. The normalized spacial score (nSPS) is 30.0. The highest BCUT2D eigenvalue weighted by atomic mass is 35.5. The topological polar surface area (TPSA) is 96.7 Å². The molecule has 1 unspecified atom stereocenters. The Morgan fingerprint density at radius 3 is 2.49 bits per heavy atom. The molecule has 0 spiro atoms. The number of nitrogens with zero attached hydrogens (tertiary/aromatic N) is 4. The van der Waals surface area contributed by atoms with Crippen molar-refractivity contribution in [3.05, 3.63) is 52.9 Å². The molecular weight excluding hydrogens is 593 g/mol. The van der Waals surface area contributed by atoms with Gasteiger partial charge in [0.25, 0.3) is 5.92 Å². The first-order chi connectivity index (χ1) is 19.0. The summed E-state index contributed by atoms with van der Waals surface area (Å²) in [4.78, 5) is 18.5. The van der Waals surface area contributed by atoms with Crippen LogP contribution in [-0.4, -0.2) is 65.6 Å². The van der Waals surface area contributed by atoms with E-state index in [4.69, 9.17) is 11.6 Å². The average Bonchev–Trinajstić information content (AvgIpc) is 3.31. The second kappa shape index (κ2) is 8.76. The number of alkyl halides is 5. The molecule has 220 valence electrons. The van der Waals surface area contributed by atoms with Crippen molar-refractivity contribution in [2.24, 2.45) is 11.3 Å². The van der Waals surface area contributed by atoms with Gasteiger partial charge in [0.1, 0.15) is 10.8 Å². The molecule has 2 fully saturated rings. The molecule has 3 aliphatic rings. The Kier molecular flexibility index (Phi) is 6.01. The van der Waals surface area contributed by atoms with Crippen LogP contribution in [0.3, 0.4) is 0 Å². The van der Waals surface area contributed by atoms with E-state index in [0.29, 0.717) is 12.1 Å². The molecule has 41 heavy (non-hydrogen) atoms. The van der Waals surface area contributed by atoms with Crippen LogP contribution in [0.1, 0.15) is 37.4 Å². The lowest BCUT2D eigenvalue weighted by Crippen LogP contribution is -2.43. The number of carbonyl (C=O) groups is 1. The van der Waals surface area contributed by atoms with E-state index in [1.54, 1.807) is 0 Å². The molecule has 1 N–H and O–H groups in total. The van der Waals surface area contributed by atoms with E-state index in [-0.39, 0.29) is 51.7 Å². The quantitative estimate of drug-likeness (QED) is 0.419.